The van der Waals surface area contributed by atoms with Gasteiger partial charge in [0.15, 0.2) is 0 Å². The van der Waals surface area contributed by atoms with Crippen LogP contribution in [-0.4, -0.2) is 34.5 Å². The van der Waals surface area contributed by atoms with Gasteiger partial charge in [0.1, 0.15) is 0 Å². The third-order valence-corrected chi connectivity index (χ3v) is 3.74. The predicted octanol–water partition coefficient (Wildman–Crippen LogP) is 4.77. The average Bonchev–Trinajstić information content (AvgIpc) is 2.50. The van der Waals surface area contributed by atoms with Crippen LogP contribution in [0.2, 0.25) is 0 Å². The van der Waals surface area contributed by atoms with Crippen molar-refractivity contribution in [3.8, 4) is 0 Å². The molecule has 0 fully saturated rings. The van der Waals surface area contributed by atoms with Crippen LogP contribution >= 0.6 is 0 Å². The Morgan fingerprint density at radius 1 is 0.696 bits per heavy atom. The van der Waals surface area contributed by atoms with E-state index >= 15 is 0 Å². The third kappa shape index (κ3) is 29.9. The van der Waals surface area contributed by atoms with E-state index in [-0.39, 0.29) is 13.2 Å². The lowest BCUT2D eigenvalue weighted by Gasteiger charge is -2.04. The normalized spacial score (nSPS) is 10.5. The van der Waals surface area contributed by atoms with Gasteiger partial charge in [-0.15, -0.1) is 0 Å². The van der Waals surface area contributed by atoms with Crippen molar-refractivity contribution in [1.82, 2.24) is 0 Å². The molecular weight excluding hydrogens is 292 g/mol. The minimum Gasteiger partial charge on any atom is -0.481 e. The molecule has 0 saturated heterocycles. The van der Waals surface area contributed by atoms with Crippen molar-refractivity contribution in [3.05, 3.63) is 0 Å². The number of carboxylic acids is 1. The summed E-state index contributed by atoms with van der Waals surface area (Å²) in [6.07, 6.45) is 13.9. The Labute approximate surface area is 143 Å². The number of rotatable bonds is 15. The zero-order valence-electron chi connectivity index (χ0n) is 15.4. The van der Waals surface area contributed by atoms with Gasteiger partial charge in [-0.3, -0.25) is 4.79 Å². The summed E-state index contributed by atoms with van der Waals surface area (Å²) in [5, 5.41) is 25.0. The van der Waals surface area contributed by atoms with Crippen LogP contribution in [0, 0.1) is 5.92 Å². The van der Waals surface area contributed by atoms with Crippen LogP contribution in [0.3, 0.4) is 0 Å². The summed E-state index contributed by atoms with van der Waals surface area (Å²) in [6.45, 7) is 5.11. The molecular formula is C19H40O4. The lowest BCUT2D eigenvalue weighted by Crippen LogP contribution is -1.93. The van der Waals surface area contributed by atoms with Crippen LogP contribution in [0.15, 0.2) is 0 Å². The molecule has 0 bridgehead atoms. The van der Waals surface area contributed by atoms with Crippen LogP contribution in [0.1, 0.15) is 97.3 Å². The maximum atomic E-state index is 10.2. The van der Waals surface area contributed by atoms with E-state index in [9.17, 15) is 4.79 Å². The third-order valence-electron chi connectivity index (χ3n) is 3.74. The average molecular weight is 333 g/mol. The maximum Gasteiger partial charge on any atom is 0.303 e. The van der Waals surface area contributed by atoms with Crippen LogP contribution in [0.25, 0.3) is 0 Å². The highest BCUT2D eigenvalue weighted by Gasteiger charge is 1.97. The molecule has 0 amide bonds. The van der Waals surface area contributed by atoms with Gasteiger partial charge >= 0.3 is 5.97 Å². The summed E-state index contributed by atoms with van der Waals surface area (Å²) in [4.78, 5) is 10.2. The Kier molecular flexibility index (Phi) is 22.9. The quantitative estimate of drug-likeness (QED) is 0.377. The Balaban J connectivity index is 0. The predicted molar refractivity (Wildman–Crippen MR) is 96.7 cm³/mol. The smallest absolute Gasteiger partial charge is 0.303 e. The first-order chi connectivity index (χ1) is 11.0. The zero-order chi connectivity index (χ0) is 17.8. The van der Waals surface area contributed by atoms with E-state index in [1.54, 1.807) is 0 Å². The van der Waals surface area contributed by atoms with Crippen molar-refractivity contribution < 1.29 is 20.1 Å². The van der Waals surface area contributed by atoms with E-state index in [1.165, 1.54) is 38.5 Å². The first kappa shape index (κ1) is 24.6. The molecule has 0 aromatic rings. The monoisotopic (exact) mass is 332 g/mol. The van der Waals surface area contributed by atoms with E-state index in [0.29, 0.717) is 6.42 Å². The van der Waals surface area contributed by atoms with Gasteiger partial charge in [-0.05, 0) is 25.2 Å². The maximum absolute atomic E-state index is 10.2. The summed E-state index contributed by atoms with van der Waals surface area (Å²) in [6, 6.07) is 0. The highest BCUT2D eigenvalue weighted by Crippen LogP contribution is 2.12. The number of unbranched alkanes of at least 4 members (excludes halogenated alkanes) is 9. The van der Waals surface area contributed by atoms with Crippen LogP contribution in [-0.2, 0) is 4.79 Å². The van der Waals surface area contributed by atoms with Gasteiger partial charge in [0.05, 0.1) is 0 Å². The molecule has 4 heteroatoms. The van der Waals surface area contributed by atoms with Crippen LogP contribution < -0.4 is 0 Å². The molecule has 0 radical (unpaired) electrons. The summed E-state index contributed by atoms with van der Waals surface area (Å²) in [7, 11) is 0. The summed E-state index contributed by atoms with van der Waals surface area (Å²) in [5.41, 5.74) is 0. The van der Waals surface area contributed by atoms with E-state index in [0.717, 1.165) is 44.4 Å². The minimum atomic E-state index is -0.660. The fourth-order valence-electron chi connectivity index (χ4n) is 2.29. The van der Waals surface area contributed by atoms with Crippen molar-refractivity contribution in [3.63, 3.8) is 0 Å². The SMILES string of the molecule is CC(C)CCCCCCCCCC(=O)O.OCCCCCCO. The van der Waals surface area contributed by atoms with Crippen molar-refractivity contribution >= 4 is 5.97 Å². The standard InChI is InChI=1S/C13H26O2.C6H14O2/c1-12(2)10-8-6-4-3-5-7-9-11-13(14)15;7-5-3-1-2-4-6-8/h12H,3-11H2,1-2H3,(H,14,15);7-8H,1-6H2. The fraction of sp³-hybridized carbons (Fsp3) is 0.947. The van der Waals surface area contributed by atoms with Gasteiger partial charge in [-0.2, -0.15) is 0 Å². The molecule has 0 spiro atoms. The van der Waals surface area contributed by atoms with Gasteiger partial charge in [0.25, 0.3) is 0 Å². The molecule has 140 valence electrons. The topological polar surface area (TPSA) is 77.8 Å². The number of aliphatic hydroxyl groups excluding tert-OH is 2. The minimum absolute atomic E-state index is 0.283. The van der Waals surface area contributed by atoms with Gasteiger partial charge in [0, 0.05) is 19.6 Å². The number of hydrogen-bond acceptors (Lipinski definition) is 3. The van der Waals surface area contributed by atoms with Gasteiger partial charge in [-0.25, -0.2) is 0 Å². The number of aliphatic hydroxyl groups is 2. The Morgan fingerprint density at radius 3 is 1.48 bits per heavy atom. The van der Waals surface area contributed by atoms with Crippen molar-refractivity contribution in [2.75, 3.05) is 13.2 Å². The van der Waals surface area contributed by atoms with E-state index in [2.05, 4.69) is 13.8 Å². The molecule has 0 rings (SSSR count). The first-order valence-corrected chi connectivity index (χ1v) is 9.48. The van der Waals surface area contributed by atoms with E-state index < -0.39 is 5.97 Å². The summed E-state index contributed by atoms with van der Waals surface area (Å²) < 4.78 is 0. The van der Waals surface area contributed by atoms with Crippen LogP contribution in [0.5, 0.6) is 0 Å². The van der Waals surface area contributed by atoms with Crippen LogP contribution in [0.4, 0.5) is 0 Å². The largest absolute Gasteiger partial charge is 0.481 e. The molecule has 0 aliphatic rings. The lowest BCUT2D eigenvalue weighted by molar-refractivity contribution is -0.137. The number of hydrogen-bond donors (Lipinski definition) is 3. The first-order valence-electron chi connectivity index (χ1n) is 9.48. The Hall–Kier alpha value is -0.610. The summed E-state index contributed by atoms with van der Waals surface area (Å²) in [5.74, 6) is 0.174. The van der Waals surface area contributed by atoms with E-state index in [4.69, 9.17) is 15.3 Å². The molecule has 0 aliphatic carbocycles. The second-order valence-electron chi connectivity index (χ2n) is 6.66. The molecule has 0 unspecified atom stereocenters. The molecule has 23 heavy (non-hydrogen) atoms. The Morgan fingerprint density at radius 2 is 1.09 bits per heavy atom. The van der Waals surface area contributed by atoms with Crippen molar-refractivity contribution in [1.29, 1.82) is 0 Å². The molecule has 3 N–H and O–H groups in total. The van der Waals surface area contributed by atoms with Crippen molar-refractivity contribution in [2.24, 2.45) is 5.92 Å². The molecule has 4 nitrogen and oxygen atoms in total. The van der Waals surface area contributed by atoms with Crippen molar-refractivity contribution in [2.45, 2.75) is 97.3 Å². The molecule has 0 aromatic carbocycles. The van der Waals surface area contributed by atoms with Gasteiger partial charge < -0.3 is 15.3 Å². The highest BCUT2D eigenvalue weighted by molar-refractivity contribution is 5.66. The molecule has 0 atom stereocenters. The van der Waals surface area contributed by atoms with Gasteiger partial charge in [-0.1, -0.05) is 71.6 Å². The second kappa shape index (κ2) is 21.4. The number of carboxylic acid groups (broad SMARTS) is 1. The number of aliphatic carboxylic acids is 1. The van der Waals surface area contributed by atoms with Gasteiger partial charge in [0.2, 0.25) is 0 Å². The molecule has 0 aliphatic heterocycles. The molecule has 0 heterocycles. The Bertz CT molecular complexity index is 223. The lowest BCUT2D eigenvalue weighted by atomic mass is 10.0. The zero-order valence-corrected chi connectivity index (χ0v) is 15.4. The van der Waals surface area contributed by atoms with E-state index in [1.807, 2.05) is 0 Å². The summed E-state index contributed by atoms with van der Waals surface area (Å²) >= 11 is 0. The fourth-order valence-corrected chi connectivity index (χ4v) is 2.29. The number of carbonyl (C=O) groups is 1. The molecule has 0 aromatic heterocycles. The molecule has 0 saturated carbocycles. The second-order valence-corrected chi connectivity index (χ2v) is 6.66. The highest BCUT2D eigenvalue weighted by atomic mass is 16.4.